The minimum atomic E-state index is 0. The predicted octanol–water partition coefficient (Wildman–Crippen LogP) is 2.62. The van der Waals surface area contributed by atoms with Gasteiger partial charge >= 0.3 is 32.7 Å². The standard InChI is InChI=1S/C7H11.CH3.Y/c1-7-5-3-2-4-6-7;;/h2-3,5,7H,4,6H2,1H3;1H3;/q2*-1;+3. The molecule has 0 aromatic carbocycles. The molecule has 9 heavy (non-hydrogen) atoms. The van der Waals surface area contributed by atoms with Gasteiger partial charge in [-0.1, -0.05) is 19.3 Å². The molecule has 0 amide bonds. The monoisotopic (exact) mass is 199 g/mol. The molecule has 0 saturated carbocycles. The molecule has 0 saturated heterocycles. The zero-order valence-electron chi connectivity index (χ0n) is 6.30. The fraction of sp³-hybridized carbons (Fsp3) is 0.500. The van der Waals surface area contributed by atoms with Crippen LogP contribution >= 0.6 is 0 Å². The van der Waals surface area contributed by atoms with Crippen molar-refractivity contribution in [3.05, 3.63) is 26.0 Å². The van der Waals surface area contributed by atoms with Gasteiger partial charge in [0.2, 0.25) is 0 Å². The van der Waals surface area contributed by atoms with Crippen LogP contribution in [0, 0.1) is 19.8 Å². The van der Waals surface area contributed by atoms with Crippen molar-refractivity contribution >= 4 is 0 Å². The van der Waals surface area contributed by atoms with E-state index in [9.17, 15) is 0 Å². The largest absolute Gasteiger partial charge is 3.00 e. The Balaban J connectivity index is 0. The molecular weight excluding hydrogens is 185 g/mol. The molecule has 0 nitrogen and oxygen atoms in total. The van der Waals surface area contributed by atoms with Gasteiger partial charge in [0.25, 0.3) is 0 Å². The van der Waals surface area contributed by atoms with Crippen molar-refractivity contribution in [3.63, 3.8) is 0 Å². The summed E-state index contributed by atoms with van der Waals surface area (Å²) in [5.41, 5.74) is 0. The summed E-state index contributed by atoms with van der Waals surface area (Å²) < 4.78 is 0. The second-order valence-corrected chi connectivity index (χ2v) is 2.18. The number of allylic oxidation sites excluding steroid dienone is 2. The Labute approximate surface area is 84.0 Å². The molecule has 0 bridgehead atoms. The Kier molecular flexibility index (Phi) is 9.41. The van der Waals surface area contributed by atoms with Gasteiger partial charge in [-0.3, -0.25) is 0 Å². The number of hydrogen-bond acceptors (Lipinski definition) is 0. The molecule has 0 radical (unpaired) electrons. The molecule has 0 N–H and O–H groups in total. The Morgan fingerprint density at radius 3 is 2.44 bits per heavy atom. The summed E-state index contributed by atoms with van der Waals surface area (Å²) in [6.45, 7) is 2.25. The van der Waals surface area contributed by atoms with Crippen LogP contribution in [0.1, 0.15) is 19.8 Å². The third-order valence-electron chi connectivity index (χ3n) is 1.36. The summed E-state index contributed by atoms with van der Waals surface area (Å²) in [5.74, 6) is 0.824. The molecule has 48 valence electrons. The Morgan fingerprint density at radius 1 is 1.56 bits per heavy atom. The summed E-state index contributed by atoms with van der Waals surface area (Å²) in [5, 5.41) is 0. The zero-order valence-corrected chi connectivity index (χ0v) is 9.14. The van der Waals surface area contributed by atoms with Crippen molar-refractivity contribution < 1.29 is 32.7 Å². The first-order valence-corrected chi connectivity index (χ1v) is 2.89. The van der Waals surface area contributed by atoms with Gasteiger partial charge in [-0.2, -0.15) is 0 Å². The number of rotatable bonds is 0. The van der Waals surface area contributed by atoms with Gasteiger partial charge in [0, 0.05) is 0 Å². The number of hydrogen-bond donors (Lipinski definition) is 0. The SMILES string of the molecule is CC1C=C[CH-]CC1.[CH3-].[Y+3]. The van der Waals surface area contributed by atoms with Crippen LogP contribution in [-0.2, 0) is 32.7 Å². The van der Waals surface area contributed by atoms with Crippen LogP contribution in [-0.4, -0.2) is 0 Å². The van der Waals surface area contributed by atoms with E-state index in [1.54, 1.807) is 0 Å². The fourth-order valence-electron chi connectivity index (χ4n) is 0.820. The van der Waals surface area contributed by atoms with E-state index in [0.29, 0.717) is 0 Å². The van der Waals surface area contributed by atoms with Gasteiger partial charge in [0.05, 0.1) is 0 Å². The molecule has 0 spiro atoms. The Bertz CT molecular complexity index is 76.6. The smallest absolute Gasteiger partial charge is 0.358 e. The summed E-state index contributed by atoms with van der Waals surface area (Å²) in [6, 6.07) is 0. The molecule has 1 aliphatic rings. The van der Waals surface area contributed by atoms with Gasteiger partial charge in [0.1, 0.15) is 0 Å². The molecule has 0 aromatic heterocycles. The average Bonchev–Trinajstić information content (AvgIpc) is 1.69. The van der Waals surface area contributed by atoms with Crippen molar-refractivity contribution in [3.8, 4) is 0 Å². The van der Waals surface area contributed by atoms with Gasteiger partial charge in [-0.05, 0) is 0 Å². The van der Waals surface area contributed by atoms with Crippen molar-refractivity contribution in [1.82, 2.24) is 0 Å². The van der Waals surface area contributed by atoms with Crippen LogP contribution < -0.4 is 0 Å². The first-order chi connectivity index (χ1) is 3.39. The molecule has 0 aromatic rings. The van der Waals surface area contributed by atoms with E-state index in [1.807, 2.05) is 0 Å². The molecule has 1 aliphatic carbocycles. The van der Waals surface area contributed by atoms with E-state index in [0.717, 1.165) is 5.92 Å². The molecule has 0 fully saturated rings. The quantitative estimate of drug-likeness (QED) is 0.526. The van der Waals surface area contributed by atoms with E-state index in [4.69, 9.17) is 0 Å². The first kappa shape index (κ1) is 12.4. The van der Waals surface area contributed by atoms with Crippen LogP contribution in [0.5, 0.6) is 0 Å². The third-order valence-corrected chi connectivity index (χ3v) is 1.36. The Morgan fingerprint density at radius 2 is 2.22 bits per heavy atom. The average molecular weight is 199 g/mol. The van der Waals surface area contributed by atoms with Crippen LogP contribution in [0.25, 0.3) is 0 Å². The summed E-state index contributed by atoms with van der Waals surface area (Å²) in [6.07, 6.45) is 9.26. The van der Waals surface area contributed by atoms with E-state index >= 15 is 0 Å². The molecule has 1 unspecified atom stereocenters. The topological polar surface area (TPSA) is 0 Å². The molecule has 1 heteroatoms. The summed E-state index contributed by atoms with van der Waals surface area (Å²) in [7, 11) is 0. The minimum Gasteiger partial charge on any atom is -0.358 e. The predicted molar refractivity (Wildman–Crippen MR) is 38.3 cm³/mol. The van der Waals surface area contributed by atoms with Crippen LogP contribution in [0.15, 0.2) is 12.2 Å². The van der Waals surface area contributed by atoms with E-state index in [1.165, 1.54) is 12.8 Å². The minimum absolute atomic E-state index is 0. The zero-order chi connectivity index (χ0) is 5.11. The Hall–Kier alpha value is 0.714. The molecule has 0 aliphatic heterocycles. The second kappa shape index (κ2) is 6.83. The molecule has 0 heterocycles. The molecular formula is C8H14Y+. The van der Waals surface area contributed by atoms with E-state index in [-0.39, 0.29) is 40.1 Å². The maximum absolute atomic E-state index is 2.25. The van der Waals surface area contributed by atoms with Crippen molar-refractivity contribution in [2.45, 2.75) is 19.8 Å². The summed E-state index contributed by atoms with van der Waals surface area (Å²) in [4.78, 5) is 0. The second-order valence-electron chi connectivity index (χ2n) is 2.18. The maximum Gasteiger partial charge on any atom is 3.00 e. The van der Waals surface area contributed by atoms with Crippen LogP contribution in [0.2, 0.25) is 0 Å². The summed E-state index contributed by atoms with van der Waals surface area (Å²) >= 11 is 0. The van der Waals surface area contributed by atoms with Gasteiger partial charge in [0.15, 0.2) is 0 Å². The van der Waals surface area contributed by atoms with Crippen molar-refractivity contribution in [1.29, 1.82) is 0 Å². The van der Waals surface area contributed by atoms with E-state index in [2.05, 4.69) is 25.5 Å². The fourth-order valence-corrected chi connectivity index (χ4v) is 0.820. The maximum atomic E-state index is 2.25. The van der Waals surface area contributed by atoms with Gasteiger partial charge in [-0.15, -0.1) is 6.42 Å². The van der Waals surface area contributed by atoms with Crippen molar-refractivity contribution in [2.75, 3.05) is 0 Å². The van der Waals surface area contributed by atoms with Gasteiger partial charge in [-0.25, -0.2) is 18.6 Å². The van der Waals surface area contributed by atoms with Crippen molar-refractivity contribution in [2.24, 2.45) is 5.92 Å². The molecule has 1 atom stereocenters. The van der Waals surface area contributed by atoms with Gasteiger partial charge < -0.3 is 7.43 Å². The normalized spacial score (nSPS) is 23.0. The third kappa shape index (κ3) is 5.17. The van der Waals surface area contributed by atoms with E-state index < -0.39 is 0 Å². The van der Waals surface area contributed by atoms with Crippen LogP contribution in [0.3, 0.4) is 0 Å². The molecule has 1 rings (SSSR count). The first-order valence-electron chi connectivity index (χ1n) is 2.89. The van der Waals surface area contributed by atoms with Crippen LogP contribution in [0.4, 0.5) is 0 Å².